The van der Waals surface area contributed by atoms with E-state index in [0.29, 0.717) is 47.6 Å². The van der Waals surface area contributed by atoms with Crippen molar-refractivity contribution in [2.24, 2.45) is 0 Å². The largest absolute Gasteiger partial charge is 0.454 e. The normalized spacial score (nSPS) is 18.5. The summed E-state index contributed by atoms with van der Waals surface area (Å²) in [6.45, 7) is 4.77. The molecule has 1 aromatic heterocycles. The molecule has 5 rings (SSSR count). The van der Waals surface area contributed by atoms with E-state index in [-0.39, 0.29) is 24.6 Å². The fourth-order valence-electron chi connectivity index (χ4n) is 4.37. The van der Waals surface area contributed by atoms with Crippen molar-refractivity contribution < 1.29 is 23.5 Å². The maximum atomic E-state index is 12.7. The maximum absolute atomic E-state index is 12.7. The first-order valence-electron chi connectivity index (χ1n) is 10.8. The second-order valence-corrected chi connectivity index (χ2v) is 8.22. The van der Waals surface area contributed by atoms with E-state index in [4.69, 9.17) is 13.9 Å². The smallest absolute Gasteiger partial charge is 0.321 e. The van der Waals surface area contributed by atoms with Gasteiger partial charge in [0.15, 0.2) is 23.1 Å². The van der Waals surface area contributed by atoms with E-state index < -0.39 is 0 Å². The summed E-state index contributed by atoms with van der Waals surface area (Å²) in [5.41, 5.74) is 1.10. The van der Waals surface area contributed by atoms with Gasteiger partial charge < -0.3 is 29.0 Å². The average Bonchev–Trinajstić information content (AvgIpc) is 3.54. The Kier molecular flexibility index (Phi) is 5.17. The van der Waals surface area contributed by atoms with E-state index in [1.165, 1.54) is 0 Å². The third-order valence-electron chi connectivity index (χ3n) is 6.16. The second-order valence-electron chi connectivity index (χ2n) is 8.22. The summed E-state index contributed by atoms with van der Waals surface area (Å²) >= 11 is 0. The fourth-order valence-corrected chi connectivity index (χ4v) is 4.37. The lowest BCUT2D eigenvalue weighted by Gasteiger charge is -2.30. The fraction of sp³-hybridized carbons (Fsp3) is 0.500. The van der Waals surface area contributed by atoms with Crippen molar-refractivity contribution in [1.29, 1.82) is 0 Å². The number of oxazole rings is 1. The summed E-state index contributed by atoms with van der Waals surface area (Å²) in [5.74, 6) is 2.57. The Morgan fingerprint density at radius 3 is 2.55 bits per heavy atom. The highest BCUT2D eigenvalue weighted by Gasteiger charge is 2.30. The van der Waals surface area contributed by atoms with Crippen molar-refractivity contribution in [2.45, 2.75) is 38.5 Å². The minimum atomic E-state index is -0.147. The minimum absolute atomic E-state index is 0.0365. The number of nitrogens with one attached hydrogen (secondary N) is 1. The molecule has 2 aromatic rings. The number of hydrogen-bond acceptors (Lipinski definition) is 6. The molecule has 2 saturated heterocycles. The van der Waals surface area contributed by atoms with E-state index >= 15 is 0 Å². The van der Waals surface area contributed by atoms with Crippen LogP contribution in [0.15, 0.2) is 22.6 Å². The van der Waals surface area contributed by atoms with Gasteiger partial charge in [0.2, 0.25) is 6.79 Å². The van der Waals surface area contributed by atoms with Crippen LogP contribution in [0.1, 0.15) is 53.7 Å². The highest BCUT2D eigenvalue weighted by Crippen LogP contribution is 2.34. The predicted octanol–water partition coefficient (Wildman–Crippen LogP) is 3.36. The number of amides is 3. The monoisotopic (exact) mass is 426 g/mol. The van der Waals surface area contributed by atoms with Crippen molar-refractivity contribution in [2.75, 3.05) is 38.3 Å². The molecule has 1 aromatic carbocycles. The molecule has 9 heteroatoms. The minimum Gasteiger partial charge on any atom is -0.454 e. The van der Waals surface area contributed by atoms with Crippen LogP contribution in [0.2, 0.25) is 0 Å². The summed E-state index contributed by atoms with van der Waals surface area (Å²) in [7, 11) is 0. The molecule has 3 aliphatic rings. The first-order valence-corrected chi connectivity index (χ1v) is 10.8. The third-order valence-corrected chi connectivity index (χ3v) is 6.16. The van der Waals surface area contributed by atoms with Gasteiger partial charge in [-0.15, -0.1) is 0 Å². The number of carbonyl (C=O) groups is 2. The predicted molar refractivity (Wildman–Crippen MR) is 112 cm³/mol. The Hall–Kier alpha value is -3.23. The standard InChI is InChI=1S/C22H26N4O5/c1-14-19(21(27)25-8-2-3-9-25)24-20(31-14)15-6-10-26(11-7-15)22(28)23-16-4-5-17-18(12-16)30-13-29-17/h4-5,12,15H,2-3,6-11,13H2,1H3,(H,23,28). The molecule has 0 radical (unpaired) electrons. The Morgan fingerprint density at radius 1 is 1.03 bits per heavy atom. The third kappa shape index (κ3) is 3.92. The molecule has 0 unspecified atom stereocenters. The number of ether oxygens (including phenoxy) is 2. The summed E-state index contributed by atoms with van der Waals surface area (Å²) in [5, 5.41) is 2.92. The number of aromatic nitrogens is 1. The number of piperidine rings is 1. The van der Waals surface area contributed by atoms with Gasteiger partial charge in [-0.05, 0) is 44.7 Å². The second kappa shape index (κ2) is 8.13. The number of benzene rings is 1. The molecule has 1 N–H and O–H groups in total. The zero-order chi connectivity index (χ0) is 21.4. The number of aryl methyl sites for hydroxylation is 1. The van der Waals surface area contributed by atoms with Crippen LogP contribution in [0, 0.1) is 6.92 Å². The molecular weight excluding hydrogens is 400 g/mol. The number of anilines is 1. The van der Waals surface area contributed by atoms with Crippen LogP contribution >= 0.6 is 0 Å². The Bertz CT molecular complexity index is 990. The molecule has 3 aliphatic heterocycles. The first-order chi connectivity index (χ1) is 15.1. The quantitative estimate of drug-likeness (QED) is 0.808. The maximum Gasteiger partial charge on any atom is 0.321 e. The van der Waals surface area contributed by atoms with Crippen LogP contribution in [0.4, 0.5) is 10.5 Å². The van der Waals surface area contributed by atoms with Gasteiger partial charge in [-0.1, -0.05) is 0 Å². The van der Waals surface area contributed by atoms with Crippen LogP contribution in [-0.4, -0.2) is 59.7 Å². The van der Waals surface area contributed by atoms with Crippen molar-refractivity contribution in [1.82, 2.24) is 14.8 Å². The number of carbonyl (C=O) groups excluding carboxylic acids is 2. The van der Waals surface area contributed by atoms with Crippen LogP contribution in [0.25, 0.3) is 0 Å². The molecule has 3 amide bonds. The van der Waals surface area contributed by atoms with E-state index in [1.54, 1.807) is 30.0 Å². The van der Waals surface area contributed by atoms with E-state index in [2.05, 4.69) is 10.3 Å². The van der Waals surface area contributed by atoms with Gasteiger partial charge >= 0.3 is 6.03 Å². The number of nitrogens with zero attached hydrogens (tertiary/aromatic N) is 3. The number of fused-ring (bicyclic) bond motifs is 1. The van der Waals surface area contributed by atoms with Crippen LogP contribution in [-0.2, 0) is 0 Å². The van der Waals surface area contributed by atoms with Gasteiger partial charge in [0.25, 0.3) is 5.91 Å². The average molecular weight is 426 g/mol. The molecule has 0 saturated carbocycles. The number of likely N-dealkylation sites (tertiary alicyclic amines) is 2. The number of hydrogen-bond donors (Lipinski definition) is 1. The molecular formula is C22H26N4O5. The van der Waals surface area contributed by atoms with Gasteiger partial charge in [-0.2, -0.15) is 0 Å². The lowest BCUT2D eigenvalue weighted by Crippen LogP contribution is -2.40. The summed E-state index contributed by atoms with van der Waals surface area (Å²) in [6.07, 6.45) is 3.57. The molecule has 164 valence electrons. The Balaban J connectivity index is 1.18. The SMILES string of the molecule is Cc1oc(C2CCN(C(=O)Nc3ccc4c(c3)OCO4)CC2)nc1C(=O)N1CCCC1. The number of urea groups is 1. The lowest BCUT2D eigenvalue weighted by molar-refractivity contribution is 0.0786. The van der Waals surface area contributed by atoms with Gasteiger partial charge in [-0.3, -0.25) is 4.79 Å². The van der Waals surface area contributed by atoms with Crippen molar-refractivity contribution in [3.8, 4) is 11.5 Å². The van der Waals surface area contributed by atoms with Crippen molar-refractivity contribution >= 4 is 17.6 Å². The molecule has 2 fully saturated rings. The van der Waals surface area contributed by atoms with Crippen LogP contribution in [0.3, 0.4) is 0 Å². The van der Waals surface area contributed by atoms with Gasteiger partial charge in [0.05, 0.1) is 0 Å². The molecule has 0 bridgehead atoms. The molecule has 31 heavy (non-hydrogen) atoms. The highest BCUT2D eigenvalue weighted by atomic mass is 16.7. The highest BCUT2D eigenvalue weighted by molar-refractivity contribution is 5.93. The van der Waals surface area contributed by atoms with Crippen molar-refractivity contribution in [3.63, 3.8) is 0 Å². The van der Waals surface area contributed by atoms with E-state index in [1.807, 2.05) is 4.90 Å². The molecule has 0 atom stereocenters. The van der Waals surface area contributed by atoms with Gasteiger partial charge in [-0.25, -0.2) is 9.78 Å². The summed E-state index contributed by atoms with van der Waals surface area (Å²) in [6, 6.07) is 5.20. The van der Waals surface area contributed by atoms with Gasteiger partial charge in [0.1, 0.15) is 5.76 Å². The van der Waals surface area contributed by atoms with Crippen molar-refractivity contribution in [3.05, 3.63) is 35.5 Å². The van der Waals surface area contributed by atoms with Crippen LogP contribution in [0.5, 0.6) is 11.5 Å². The molecule has 4 heterocycles. The zero-order valence-electron chi connectivity index (χ0n) is 17.6. The lowest BCUT2D eigenvalue weighted by atomic mass is 9.97. The summed E-state index contributed by atoms with van der Waals surface area (Å²) in [4.78, 5) is 33.5. The molecule has 9 nitrogen and oxygen atoms in total. The van der Waals surface area contributed by atoms with Gasteiger partial charge in [0, 0.05) is 43.9 Å². The topological polar surface area (TPSA) is 97.1 Å². The Morgan fingerprint density at radius 2 is 1.77 bits per heavy atom. The first kappa shape index (κ1) is 19.7. The van der Waals surface area contributed by atoms with Crippen LogP contribution < -0.4 is 14.8 Å². The van der Waals surface area contributed by atoms with E-state index in [0.717, 1.165) is 38.8 Å². The zero-order valence-corrected chi connectivity index (χ0v) is 17.6. The van der Waals surface area contributed by atoms with E-state index in [9.17, 15) is 9.59 Å². The summed E-state index contributed by atoms with van der Waals surface area (Å²) < 4.78 is 16.5. The number of rotatable bonds is 3. The molecule has 0 aliphatic carbocycles. The Labute approximate surface area is 180 Å². The molecule has 0 spiro atoms.